The standard InChI is InChI=1S/C7H16BN2/c1-7(2,3)8-6-9-4-5-10-6/h6,9-10H,4-5H2,1-3H3. The molecule has 0 aliphatic carbocycles. The molecule has 0 spiro atoms. The average molecular weight is 139 g/mol. The minimum atomic E-state index is 0.314. The SMILES string of the molecule is CC(C)(C)[B]C1NCCN1. The topological polar surface area (TPSA) is 24.1 Å². The molecule has 10 heavy (non-hydrogen) atoms. The Kier molecular flexibility index (Phi) is 2.37. The fourth-order valence-electron chi connectivity index (χ4n) is 1.15. The van der Waals surface area contributed by atoms with Crippen LogP contribution in [0.15, 0.2) is 0 Å². The fourth-order valence-corrected chi connectivity index (χ4v) is 1.15. The van der Waals surface area contributed by atoms with Crippen LogP contribution in [0.3, 0.4) is 0 Å². The molecule has 1 aliphatic rings. The molecule has 0 amide bonds. The highest BCUT2D eigenvalue weighted by Gasteiger charge is 2.21. The summed E-state index contributed by atoms with van der Waals surface area (Å²) in [7, 11) is 2.31. The highest BCUT2D eigenvalue weighted by molar-refractivity contribution is 6.41. The third-order valence-electron chi connectivity index (χ3n) is 1.52. The lowest BCUT2D eigenvalue weighted by atomic mass is 9.53. The maximum Gasteiger partial charge on any atom is 0.159 e. The first-order valence-electron chi connectivity index (χ1n) is 3.91. The molecule has 1 fully saturated rings. The van der Waals surface area contributed by atoms with Crippen molar-refractivity contribution in [2.75, 3.05) is 13.1 Å². The van der Waals surface area contributed by atoms with Crippen molar-refractivity contribution in [2.45, 2.75) is 32.2 Å². The first-order valence-corrected chi connectivity index (χ1v) is 3.91. The van der Waals surface area contributed by atoms with Crippen LogP contribution in [-0.2, 0) is 0 Å². The Labute approximate surface area is 64.0 Å². The van der Waals surface area contributed by atoms with Crippen LogP contribution in [0.2, 0.25) is 5.31 Å². The molecule has 1 aliphatic heterocycles. The summed E-state index contributed by atoms with van der Waals surface area (Å²) in [6, 6.07) is 0.431. The van der Waals surface area contributed by atoms with E-state index in [0.717, 1.165) is 13.1 Å². The van der Waals surface area contributed by atoms with Gasteiger partial charge in [0.25, 0.3) is 0 Å². The van der Waals surface area contributed by atoms with Crippen LogP contribution in [0.25, 0.3) is 0 Å². The van der Waals surface area contributed by atoms with Gasteiger partial charge in [0.1, 0.15) is 0 Å². The van der Waals surface area contributed by atoms with Crippen molar-refractivity contribution in [1.29, 1.82) is 0 Å². The van der Waals surface area contributed by atoms with E-state index in [0.29, 0.717) is 11.4 Å². The first-order chi connectivity index (χ1) is 4.58. The van der Waals surface area contributed by atoms with Gasteiger partial charge < -0.3 is 10.6 Å². The van der Waals surface area contributed by atoms with Gasteiger partial charge in [0.2, 0.25) is 0 Å². The second-order valence-electron chi connectivity index (χ2n) is 3.92. The maximum atomic E-state index is 3.35. The van der Waals surface area contributed by atoms with Gasteiger partial charge in [-0.25, -0.2) is 0 Å². The van der Waals surface area contributed by atoms with Crippen LogP contribution in [0.5, 0.6) is 0 Å². The number of hydrogen-bond donors (Lipinski definition) is 2. The molecular formula is C7H16BN2. The van der Waals surface area contributed by atoms with E-state index >= 15 is 0 Å². The smallest absolute Gasteiger partial charge is 0.159 e. The second-order valence-corrected chi connectivity index (χ2v) is 3.92. The highest BCUT2D eigenvalue weighted by atomic mass is 15.2. The summed E-state index contributed by atoms with van der Waals surface area (Å²) in [5.41, 5.74) is 0. The first kappa shape index (κ1) is 8.09. The highest BCUT2D eigenvalue weighted by Crippen LogP contribution is 2.20. The Morgan fingerprint density at radius 2 is 1.70 bits per heavy atom. The molecule has 0 bridgehead atoms. The Bertz CT molecular complexity index is 103. The van der Waals surface area contributed by atoms with E-state index in [4.69, 9.17) is 0 Å². The summed E-state index contributed by atoms with van der Waals surface area (Å²) in [5.74, 6) is 0. The molecule has 1 radical (unpaired) electrons. The van der Waals surface area contributed by atoms with Gasteiger partial charge in [-0.3, -0.25) is 0 Å². The molecule has 57 valence electrons. The predicted octanol–water partition coefficient (Wildman–Crippen LogP) is 0.385. The van der Waals surface area contributed by atoms with E-state index in [2.05, 4.69) is 38.7 Å². The van der Waals surface area contributed by atoms with Gasteiger partial charge in [-0.15, -0.1) is 0 Å². The molecule has 1 saturated heterocycles. The van der Waals surface area contributed by atoms with Crippen molar-refractivity contribution in [3.05, 3.63) is 0 Å². The minimum Gasteiger partial charge on any atom is -0.308 e. The number of nitrogens with one attached hydrogen (secondary N) is 2. The molecule has 2 nitrogen and oxygen atoms in total. The molecule has 3 heteroatoms. The lowest BCUT2D eigenvalue weighted by Crippen LogP contribution is -2.40. The summed E-state index contributed by atoms with van der Waals surface area (Å²) < 4.78 is 0. The number of rotatable bonds is 1. The largest absolute Gasteiger partial charge is 0.308 e. The molecular weight excluding hydrogens is 123 g/mol. The van der Waals surface area contributed by atoms with Gasteiger partial charge >= 0.3 is 0 Å². The minimum absolute atomic E-state index is 0.314. The zero-order chi connectivity index (χ0) is 7.61. The molecule has 1 rings (SSSR count). The van der Waals surface area contributed by atoms with Gasteiger partial charge in [-0.2, -0.15) is 0 Å². The van der Waals surface area contributed by atoms with Crippen LogP contribution >= 0.6 is 0 Å². The Morgan fingerprint density at radius 1 is 1.20 bits per heavy atom. The van der Waals surface area contributed by atoms with Gasteiger partial charge in [-0.1, -0.05) is 26.1 Å². The lowest BCUT2D eigenvalue weighted by Gasteiger charge is -2.21. The maximum absolute atomic E-state index is 3.35. The fraction of sp³-hybridized carbons (Fsp3) is 1.00. The van der Waals surface area contributed by atoms with Gasteiger partial charge in [0.15, 0.2) is 7.28 Å². The van der Waals surface area contributed by atoms with Crippen molar-refractivity contribution >= 4 is 7.28 Å². The monoisotopic (exact) mass is 139 g/mol. The van der Waals surface area contributed by atoms with Crippen LogP contribution in [0.1, 0.15) is 20.8 Å². The summed E-state index contributed by atoms with van der Waals surface area (Å²) in [5, 5.41) is 7.01. The molecule has 0 saturated carbocycles. The molecule has 1 heterocycles. The van der Waals surface area contributed by atoms with Gasteiger partial charge in [-0.05, 0) is 0 Å². The van der Waals surface area contributed by atoms with Crippen LogP contribution in [0, 0.1) is 0 Å². The van der Waals surface area contributed by atoms with Crippen LogP contribution < -0.4 is 10.6 Å². The molecule has 2 N–H and O–H groups in total. The summed E-state index contributed by atoms with van der Waals surface area (Å²) >= 11 is 0. The van der Waals surface area contributed by atoms with Crippen molar-refractivity contribution < 1.29 is 0 Å². The third-order valence-corrected chi connectivity index (χ3v) is 1.52. The van der Waals surface area contributed by atoms with Gasteiger partial charge in [0.05, 0.1) is 0 Å². The molecule has 0 aromatic carbocycles. The number of hydrogen-bond acceptors (Lipinski definition) is 2. The van der Waals surface area contributed by atoms with Crippen LogP contribution in [0.4, 0.5) is 0 Å². The average Bonchev–Trinajstić information content (AvgIpc) is 2.12. The molecule has 0 unspecified atom stereocenters. The summed E-state index contributed by atoms with van der Waals surface area (Å²) in [4.78, 5) is 0. The normalized spacial score (nSPS) is 21.5. The predicted molar refractivity (Wildman–Crippen MR) is 45.3 cm³/mol. The van der Waals surface area contributed by atoms with E-state index in [1.807, 2.05) is 0 Å². The summed E-state index contributed by atoms with van der Waals surface area (Å²) in [6.45, 7) is 8.84. The molecule has 0 atom stereocenters. The van der Waals surface area contributed by atoms with E-state index in [-0.39, 0.29) is 0 Å². The van der Waals surface area contributed by atoms with E-state index in [9.17, 15) is 0 Å². The van der Waals surface area contributed by atoms with E-state index in [1.165, 1.54) is 0 Å². The summed E-state index contributed by atoms with van der Waals surface area (Å²) in [6.07, 6.45) is 0. The molecule has 0 aromatic rings. The van der Waals surface area contributed by atoms with E-state index < -0.39 is 0 Å². The van der Waals surface area contributed by atoms with Crippen LogP contribution in [-0.4, -0.2) is 26.4 Å². The zero-order valence-electron chi connectivity index (χ0n) is 7.07. The van der Waals surface area contributed by atoms with Gasteiger partial charge in [0, 0.05) is 19.2 Å². The lowest BCUT2D eigenvalue weighted by molar-refractivity contribution is 0.663. The Hall–Kier alpha value is -0.0151. The second kappa shape index (κ2) is 2.93. The third kappa shape index (κ3) is 2.71. The quantitative estimate of drug-likeness (QED) is 0.513. The zero-order valence-corrected chi connectivity index (χ0v) is 7.07. The van der Waals surface area contributed by atoms with Crippen molar-refractivity contribution in [2.24, 2.45) is 0 Å². The van der Waals surface area contributed by atoms with Crippen molar-refractivity contribution in [3.8, 4) is 0 Å². The Balaban J connectivity index is 2.24. The van der Waals surface area contributed by atoms with Crippen molar-refractivity contribution in [3.63, 3.8) is 0 Å². The van der Waals surface area contributed by atoms with E-state index in [1.54, 1.807) is 0 Å². The Morgan fingerprint density at radius 3 is 2.10 bits per heavy atom. The van der Waals surface area contributed by atoms with Crippen molar-refractivity contribution in [1.82, 2.24) is 10.6 Å². The molecule has 0 aromatic heterocycles.